The van der Waals surface area contributed by atoms with Crippen LogP contribution in [0.15, 0.2) is 11.6 Å². The molecule has 7 heteroatoms. The lowest BCUT2D eigenvalue weighted by atomic mass is 10.1. The van der Waals surface area contributed by atoms with Crippen molar-refractivity contribution in [2.45, 2.75) is 13.3 Å². The maximum atomic E-state index is 12.1. The molecule has 0 spiro atoms. The monoisotopic (exact) mass is 255 g/mol. The lowest BCUT2D eigenvalue weighted by molar-refractivity contribution is -0.138. The van der Waals surface area contributed by atoms with Crippen LogP contribution in [0.4, 0.5) is 4.79 Å². The molecule has 0 aromatic carbocycles. The fourth-order valence-corrected chi connectivity index (χ4v) is 1.82. The molecule has 1 aliphatic rings. The molecule has 18 heavy (non-hydrogen) atoms. The van der Waals surface area contributed by atoms with Gasteiger partial charge in [-0.1, -0.05) is 11.6 Å². The number of hydrogen-bond acceptors (Lipinski definition) is 3. The third-order valence-corrected chi connectivity index (χ3v) is 2.55. The molecule has 0 radical (unpaired) electrons. The van der Waals surface area contributed by atoms with Crippen LogP contribution >= 0.6 is 0 Å². The second-order valence-electron chi connectivity index (χ2n) is 4.26. The van der Waals surface area contributed by atoms with Crippen LogP contribution in [0.25, 0.3) is 0 Å². The second kappa shape index (κ2) is 6.04. The summed E-state index contributed by atoms with van der Waals surface area (Å²) in [5, 5.41) is 8.72. The SMILES string of the molecule is CC1=CCCN(C(=O)N(CC(N)=O)CC(=O)O)C1. The number of primary amides is 1. The van der Waals surface area contributed by atoms with Gasteiger partial charge in [0.25, 0.3) is 0 Å². The minimum atomic E-state index is -1.17. The van der Waals surface area contributed by atoms with E-state index in [1.807, 2.05) is 13.0 Å². The van der Waals surface area contributed by atoms with Gasteiger partial charge in [0, 0.05) is 13.1 Å². The van der Waals surface area contributed by atoms with Gasteiger partial charge in [-0.05, 0) is 13.3 Å². The molecule has 0 atom stereocenters. The van der Waals surface area contributed by atoms with Crippen molar-refractivity contribution in [3.8, 4) is 0 Å². The zero-order chi connectivity index (χ0) is 13.7. The van der Waals surface area contributed by atoms with E-state index in [2.05, 4.69) is 0 Å². The number of nitrogens with zero attached hydrogens (tertiary/aromatic N) is 2. The van der Waals surface area contributed by atoms with E-state index in [0.29, 0.717) is 13.1 Å². The molecule has 0 fully saturated rings. The third kappa shape index (κ3) is 4.08. The number of nitrogens with two attached hydrogens (primary N) is 1. The van der Waals surface area contributed by atoms with E-state index < -0.39 is 24.5 Å². The smallest absolute Gasteiger partial charge is 0.323 e. The quantitative estimate of drug-likeness (QED) is 0.669. The van der Waals surface area contributed by atoms with Crippen LogP contribution in [0.5, 0.6) is 0 Å². The molecule has 0 unspecified atom stereocenters. The molecule has 1 rings (SSSR count). The lowest BCUT2D eigenvalue weighted by Gasteiger charge is -2.31. The van der Waals surface area contributed by atoms with E-state index in [-0.39, 0.29) is 6.54 Å². The van der Waals surface area contributed by atoms with Gasteiger partial charge >= 0.3 is 12.0 Å². The van der Waals surface area contributed by atoms with Crippen molar-refractivity contribution < 1.29 is 19.5 Å². The summed E-state index contributed by atoms with van der Waals surface area (Å²) in [6.45, 7) is 1.96. The Labute approximate surface area is 105 Å². The molecule has 7 nitrogen and oxygen atoms in total. The van der Waals surface area contributed by atoms with Crippen molar-refractivity contribution in [1.29, 1.82) is 0 Å². The summed E-state index contributed by atoms with van der Waals surface area (Å²) in [5.74, 6) is -1.90. The van der Waals surface area contributed by atoms with Crippen LogP contribution in [0.3, 0.4) is 0 Å². The van der Waals surface area contributed by atoms with Crippen LogP contribution in [0.1, 0.15) is 13.3 Å². The Morgan fingerprint density at radius 3 is 2.61 bits per heavy atom. The summed E-state index contributed by atoms with van der Waals surface area (Å²) < 4.78 is 0. The molecule has 0 aliphatic carbocycles. The molecule has 0 aromatic rings. The van der Waals surface area contributed by atoms with Gasteiger partial charge in [0.1, 0.15) is 13.1 Å². The van der Waals surface area contributed by atoms with E-state index >= 15 is 0 Å². The van der Waals surface area contributed by atoms with Gasteiger partial charge in [-0.3, -0.25) is 9.59 Å². The molecular formula is C11H17N3O4. The number of carboxylic acid groups (broad SMARTS) is 1. The van der Waals surface area contributed by atoms with Gasteiger partial charge in [0.2, 0.25) is 5.91 Å². The first-order valence-electron chi connectivity index (χ1n) is 5.59. The Balaban J connectivity index is 2.71. The predicted molar refractivity (Wildman–Crippen MR) is 63.7 cm³/mol. The Kier molecular flexibility index (Phi) is 4.70. The summed E-state index contributed by atoms with van der Waals surface area (Å²) in [6.07, 6.45) is 2.76. The minimum Gasteiger partial charge on any atom is -0.480 e. The molecule has 3 amide bonds. The summed E-state index contributed by atoms with van der Waals surface area (Å²) in [7, 11) is 0. The zero-order valence-electron chi connectivity index (χ0n) is 10.3. The Morgan fingerprint density at radius 2 is 2.11 bits per heavy atom. The molecule has 3 N–H and O–H groups in total. The molecular weight excluding hydrogens is 238 g/mol. The van der Waals surface area contributed by atoms with Crippen LogP contribution in [0.2, 0.25) is 0 Å². The lowest BCUT2D eigenvalue weighted by Crippen LogP contribution is -2.49. The van der Waals surface area contributed by atoms with E-state index in [1.165, 1.54) is 4.90 Å². The predicted octanol–water partition coefficient (Wildman–Crippen LogP) is -0.370. The van der Waals surface area contributed by atoms with Crippen LogP contribution in [-0.2, 0) is 9.59 Å². The highest BCUT2D eigenvalue weighted by molar-refractivity contribution is 5.86. The highest BCUT2D eigenvalue weighted by atomic mass is 16.4. The van der Waals surface area contributed by atoms with Gasteiger partial charge in [-0.15, -0.1) is 0 Å². The Hall–Kier alpha value is -2.05. The number of rotatable bonds is 4. The average molecular weight is 255 g/mol. The molecule has 0 aromatic heterocycles. The van der Waals surface area contributed by atoms with Gasteiger partial charge in [0.05, 0.1) is 0 Å². The topological polar surface area (TPSA) is 104 Å². The van der Waals surface area contributed by atoms with Crippen molar-refractivity contribution in [2.24, 2.45) is 5.73 Å². The minimum absolute atomic E-state index is 0.385. The summed E-state index contributed by atoms with van der Waals surface area (Å²) >= 11 is 0. The maximum Gasteiger partial charge on any atom is 0.323 e. The van der Waals surface area contributed by atoms with Gasteiger partial charge in [0.15, 0.2) is 0 Å². The van der Waals surface area contributed by atoms with Crippen LogP contribution in [0, 0.1) is 0 Å². The fraction of sp³-hybridized carbons (Fsp3) is 0.545. The number of amides is 3. The van der Waals surface area contributed by atoms with Crippen molar-refractivity contribution in [3.05, 3.63) is 11.6 Å². The average Bonchev–Trinajstić information content (AvgIpc) is 2.26. The number of urea groups is 1. The summed E-state index contributed by atoms with van der Waals surface area (Å²) in [4.78, 5) is 36.0. The van der Waals surface area contributed by atoms with Crippen molar-refractivity contribution >= 4 is 17.9 Å². The van der Waals surface area contributed by atoms with E-state index in [4.69, 9.17) is 10.8 Å². The summed E-state index contributed by atoms with van der Waals surface area (Å²) in [6, 6.07) is -0.469. The van der Waals surface area contributed by atoms with E-state index in [9.17, 15) is 14.4 Å². The first-order chi connectivity index (χ1) is 8.40. The molecule has 0 bridgehead atoms. The van der Waals surface area contributed by atoms with Crippen LogP contribution in [-0.4, -0.2) is 59.0 Å². The number of hydrogen-bond donors (Lipinski definition) is 2. The molecule has 100 valence electrons. The first-order valence-corrected chi connectivity index (χ1v) is 5.59. The summed E-state index contributed by atoms with van der Waals surface area (Å²) in [5.41, 5.74) is 6.05. The van der Waals surface area contributed by atoms with Crippen molar-refractivity contribution in [3.63, 3.8) is 0 Å². The van der Waals surface area contributed by atoms with Gasteiger partial charge < -0.3 is 20.6 Å². The van der Waals surface area contributed by atoms with E-state index in [0.717, 1.165) is 16.9 Å². The zero-order valence-corrected chi connectivity index (χ0v) is 10.3. The Morgan fingerprint density at radius 1 is 1.44 bits per heavy atom. The first kappa shape index (κ1) is 14.0. The van der Waals surface area contributed by atoms with Gasteiger partial charge in [-0.25, -0.2) is 4.79 Å². The van der Waals surface area contributed by atoms with E-state index in [1.54, 1.807) is 0 Å². The molecule has 1 aliphatic heterocycles. The fourth-order valence-electron chi connectivity index (χ4n) is 1.82. The highest BCUT2D eigenvalue weighted by Crippen LogP contribution is 2.11. The number of carbonyl (C=O) groups excluding carboxylic acids is 2. The van der Waals surface area contributed by atoms with Gasteiger partial charge in [-0.2, -0.15) is 0 Å². The maximum absolute atomic E-state index is 12.1. The normalized spacial score (nSPS) is 14.9. The van der Waals surface area contributed by atoms with Crippen LogP contribution < -0.4 is 5.73 Å². The highest BCUT2D eigenvalue weighted by Gasteiger charge is 2.25. The number of aliphatic carboxylic acids is 1. The van der Waals surface area contributed by atoms with Crippen molar-refractivity contribution in [2.75, 3.05) is 26.2 Å². The Bertz CT molecular complexity index is 376. The second-order valence-corrected chi connectivity index (χ2v) is 4.26. The van der Waals surface area contributed by atoms with Crippen molar-refractivity contribution in [1.82, 2.24) is 9.80 Å². The third-order valence-electron chi connectivity index (χ3n) is 2.55. The number of carbonyl (C=O) groups is 3. The standard InChI is InChI=1S/C11H17N3O4/c1-8-3-2-4-13(5-8)11(18)14(6-9(12)15)7-10(16)17/h3H,2,4-7H2,1H3,(H2,12,15)(H,16,17). The number of carboxylic acids is 1. The largest absolute Gasteiger partial charge is 0.480 e. The molecule has 0 saturated carbocycles. The molecule has 0 saturated heterocycles. The molecule has 1 heterocycles.